The molecule has 1 N–H and O–H groups in total. The van der Waals surface area contributed by atoms with Gasteiger partial charge < -0.3 is 15.1 Å². The number of benzene rings is 1. The Bertz CT molecular complexity index is 718. The van der Waals surface area contributed by atoms with Gasteiger partial charge in [-0.1, -0.05) is 18.7 Å². The molecular weight excluding hydrogens is 330 g/mol. The molecule has 0 aliphatic carbocycles. The molecule has 2 heterocycles. The zero-order valence-corrected chi connectivity index (χ0v) is 15.2. The lowest BCUT2D eigenvalue weighted by atomic mass is 9.77. The second-order valence-electron chi connectivity index (χ2n) is 7.17. The minimum absolute atomic E-state index is 0.000303. The normalized spacial score (nSPS) is 18.9. The Balaban J connectivity index is 1.58. The molecule has 0 saturated carbocycles. The van der Waals surface area contributed by atoms with Crippen molar-refractivity contribution in [3.8, 4) is 0 Å². The molecule has 0 atom stereocenters. The highest BCUT2D eigenvalue weighted by Gasteiger charge is 2.47. The van der Waals surface area contributed by atoms with Crippen LogP contribution >= 0.6 is 0 Å². The Kier molecular flexibility index (Phi) is 5.11. The van der Waals surface area contributed by atoms with Crippen molar-refractivity contribution in [1.82, 2.24) is 15.1 Å². The van der Waals surface area contributed by atoms with Crippen molar-refractivity contribution in [3.05, 3.63) is 48.0 Å². The Morgan fingerprint density at radius 1 is 1.15 bits per heavy atom. The number of hydrogen-bond acceptors (Lipinski definition) is 3. The summed E-state index contributed by atoms with van der Waals surface area (Å²) < 4.78 is 0. The first-order chi connectivity index (χ1) is 12.4. The highest BCUT2D eigenvalue weighted by molar-refractivity contribution is 5.94. The molecule has 26 heavy (non-hydrogen) atoms. The van der Waals surface area contributed by atoms with E-state index in [9.17, 15) is 14.4 Å². The molecule has 0 bridgehead atoms. The smallest absolute Gasteiger partial charge is 0.253 e. The summed E-state index contributed by atoms with van der Waals surface area (Å²) in [7, 11) is 1.85. The van der Waals surface area contributed by atoms with Crippen LogP contribution in [0.5, 0.6) is 0 Å². The van der Waals surface area contributed by atoms with E-state index in [0.717, 1.165) is 31.4 Å². The SMILES string of the molecule is C=CC(=O)NCc1ccc(C(=O)N2CCC3(CCN(C)C3=O)CC2)cc1. The van der Waals surface area contributed by atoms with E-state index in [1.54, 1.807) is 17.0 Å². The standard InChI is InChI=1S/C20H25N3O3/c1-3-17(24)21-14-15-4-6-16(7-5-15)18(25)23-12-9-20(10-13-23)8-11-22(2)19(20)26/h3-7H,1,8-14H2,2H3,(H,21,24). The van der Waals surface area contributed by atoms with Crippen LogP contribution in [0.2, 0.25) is 0 Å². The van der Waals surface area contributed by atoms with Crippen LogP contribution in [0.4, 0.5) is 0 Å². The number of amides is 3. The van der Waals surface area contributed by atoms with E-state index < -0.39 is 0 Å². The number of piperidine rings is 1. The lowest BCUT2D eigenvalue weighted by Crippen LogP contribution is -2.46. The third kappa shape index (κ3) is 3.49. The summed E-state index contributed by atoms with van der Waals surface area (Å²) >= 11 is 0. The average molecular weight is 355 g/mol. The molecule has 6 nitrogen and oxygen atoms in total. The topological polar surface area (TPSA) is 69.7 Å². The summed E-state index contributed by atoms with van der Waals surface area (Å²) in [5.41, 5.74) is 1.31. The van der Waals surface area contributed by atoms with Crippen LogP contribution in [0.25, 0.3) is 0 Å². The maximum absolute atomic E-state index is 12.7. The zero-order chi connectivity index (χ0) is 18.7. The summed E-state index contributed by atoms with van der Waals surface area (Å²) in [5, 5.41) is 2.71. The number of nitrogens with one attached hydrogen (secondary N) is 1. The van der Waals surface area contributed by atoms with Gasteiger partial charge in [-0.2, -0.15) is 0 Å². The van der Waals surface area contributed by atoms with Crippen LogP contribution in [0, 0.1) is 5.41 Å². The first-order valence-corrected chi connectivity index (χ1v) is 8.99. The number of nitrogens with zero attached hydrogens (tertiary/aromatic N) is 2. The predicted octanol–water partition coefficient (Wildman–Crippen LogP) is 1.57. The lowest BCUT2D eigenvalue weighted by molar-refractivity contribution is -0.137. The van der Waals surface area contributed by atoms with E-state index in [0.29, 0.717) is 25.2 Å². The molecule has 0 radical (unpaired) electrons. The van der Waals surface area contributed by atoms with Crippen molar-refractivity contribution < 1.29 is 14.4 Å². The van der Waals surface area contributed by atoms with Crippen LogP contribution in [-0.2, 0) is 16.1 Å². The summed E-state index contributed by atoms with van der Waals surface area (Å²) in [6, 6.07) is 7.27. The monoisotopic (exact) mass is 355 g/mol. The quantitative estimate of drug-likeness (QED) is 0.834. The van der Waals surface area contributed by atoms with Crippen LogP contribution in [0.15, 0.2) is 36.9 Å². The van der Waals surface area contributed by atoms with Crippen LogP contribution in [-0.4, -0.2) is 54.2 Å². The van der Waals surface area contributed by atoms with Crippen molar-refractivity contribution in [1.29, 1.82) is 0 Å². The Morgan fingerprint density at radius 3 is 2.31 bits per heavy atom. The van der Waals surface area contributed by atoms with E-state index in [2.05, 4.69) is 11.9 Å². The molecule has 1 spiro atoms. The number of hydrogen-bond donors (Lipinski definition) is 1. The maximum atomic E-state index is 12.7. The molecule has 2 saturated heterocycles. The van der Waals surface area contributed by atoms with Crippen LogP contribution < -0.4 is 5.32 Å². The molecule has 138 valence electrons. The van der Waals surface area contributed by atoms with Gasteiger partial charge in [-0.15, -0.1) is 0 Å². The first-order valence-electron chi connectivity index (χ1n) is 8.99. The van der Waals surface area contributed by atoms with E-state index in [1.807, 2.05) is 24.1 Å². The van der Waals surface area contributed by atoms with Gasteiger partial charge in [-0.3, -0.25) is 14.4 Å². The predicted molar refractivity (Wildman–Crippen MR) is 98.3 cm³/mol. The molecule has 2 aliphatic heterocycles. The maximum Gasteiger partial charge on any atom is 0.253 e. The summed E-state index contributed by atoms with van der Waals surface area (Å²) in [6.07, 6.45) is 3.62. The van der Waals surface area contributed by atoms with Gasteiger partial charge >= 0.3 is 0 Å². The molecule has 6 heteroatoms. The third-order valence-corrected chi connectivity index (χ3v) is 5.59. The fraction of sp³-hybridized carbons (Fsp3) is 0.450. The highest BCUT2D eigenvalue weighted by Crippen LogP contribution is 2.41. The third-order valence-electron chi connectivity index (χ3n) is 5.59. The highest BCUT2D eigenvalue weighted by atomic mass is 16.2. The van der Waals surface area contributed by atoms with E-state index in [1.165, 1.54) is 6.08 Å². The van der Waals surface area contributed by atoms with Gasteiger partial charge in [0.1, 0.15) is 0 Å². The van der Waals surface area contributed by atoms with Gasteiger partial charge in [0.25, 0.3) is 5.91 Å². The van der Waals surface area contributed by atoms with Crippen LogP contribution in [0.1, 0.15) is 35.2 Å². The van der Waals surface area contributed by atoms with Gasteiger partial charge in [-0.05, 0) is 43.0 Å². The minimum atomic E-state index is -0.251. The van der Waals surface area contributed by atoms with E-state index in [-0.39, 0.29) is 23.1 Å². The lowest BCUT2D eigenvalue weighted by Gasteiger charge is -2.37. The second kappa shape index (κ2) is 7.32. The molecule has 0 aromatic heterocycles. The molecule has 0 unspecified atom stereocenters. The molecule has 2 fully saturated rings. The number of rotatable bonds is 4. The average Bonchev–Trinajstić information content (AvgIpc) is 2.95. The summed E-state index contributed by atoms with van der Waals surface area (Å²) in [4.78, 5) is 39.9. The number of carbonyl (C=O) groups excluding carboxylic acids is 3. The number of carbonyl (C=O) groups is 3. The van der Waals surface area contributed by atoms with Gasteiger partial charge in [0.05, 0.1) is 5.41 Å². The second-order valence-corrected chi connectivity index (χ2v) is 7.17. The van der Waals surface area contributed by atoms with Gasteiger partial charge in [0.15, 0.2) is 0 Å². The molecule has 2 aliphatic rings. The Morgan fingerprint density at radius 2 is 1.77 bits per heavy atom. The fourth-order valence-corrected chi connectivity index (χ4v) is 3.81. The largest absolute Gasteiger partial charge is 0.348 e. The Labute approximate surface area is 153 Å². The van der Waals surface area contributed by atoms with Gasteiger partial charge in [0, 0.05) is 38.8 Å². The van der Waals surface area contributed by atoms with Gasteiger partial charge in [-0.25, -0.2) is 0 Å². The molecular formula is C20H25N3O3. The molecule has 3 amide bonds. The first kappa shape index (κ1) is 18.2. The van der Waals surface area contributed by atoms with Crippen molar-refractivity contribution in [2.45, 2.75) is 25.8 Å². The zero-order valence-electron chi connectivity index (χ0n) is 15.2. The molecule has 3 rings (SSSR count). The van der Waals surface area contributed by atoms with Crippen molar-refractivity contribution >= 4 is 17.7 Å². The summed E-state index contributed by atoms with van der Waals surface area (Å²) in [6.45, 7) is 5.87. The Hall–Kier alpha value is -2.63. The number of likely N-dealkylation sites (tertiary alicyclic amines) is 2. The van der Waals surface area contributed by atoms with Crippen molar-refractivity contribution in [3.63, 3.8) is 0 Å². The van der Waals surface area contributed by atoms with Crippen LogP contribution in [0.3, 0.4) is 0 Å². The van der Waals surface area contributed by atoms with Crippen molar-refractivity contribution in [2.24, 2.45) is 5.41 Å². The van der Waals surface area contributed by atoms with Gasteiger partial charge in [0.2, 0.25) is 11.8 Å². The fourth-order valence-electron chi connectivity index (χ4n) is 3.81. The molecule has 1 aromatic carbocycles. The van der Waals surface area contributed by atoms with E-state index in [4.69, 9.17) is 0 Å². The van der Waals surface area contributed by atoms with Crippen molar-refractivity contribution in [2.75, 3.05) is 26.7 Å². The summed E-state index contributed by atoms with van der Waals surface area (Å²) in [5.74, 6) is 0.00959. The minimum Gasteiger partial charge on any atom is -0.348 e. The van der Waals surface area contributed by atoms with E-state index >= 15 is 0 Å². The molecule has 1 aromatic rings.